The van der Waals surface area contributed by atoms with Gasteiger partial charge in [0.05, 0.1) is 5.69 Å². The molecule has 0 aliphatic carbocycles. The van der Waals surface area contributed by atoms with E-state index in [9.17, 15) is 0 Å². The van der Waals surface area contributed by atoms with Crippen molar-refractivity contribution in [2.24, 2.45) is 11.7 Å². The Labute approximate surface area is 114 Å². The molecular weight excluding hydrogens is 238 g/mol. The van der Waals surface area contributed by atoms with Crippen molar-refractivity contribution in [1.82, 2.24) is 14.6 Å². The first-order valence-corrected chi connectivity index (χ1v) is 6.99. The van der Waals surface area contributed by atoms with Crippen molar-refractivity contribution in [3.63, 3.8) is 0 Å². The molecule has 0 spiro atoms. The summed E-state index contributed by atoms with van der Waals surface area (Å²) in [5.41, 5.74) is 7.70. The first-order valence-electron chi connectivity index (χ1n) is 6.99. The van der Waals surface area contributed by atoms with Gasteiger partial charge >= 0.3 is 0 Å². The van der Waals surface area contributed by atoms with Crippen LogP contribution in [0.2, 0.25) is 0 Å². The molecule has 0 radical (unpaired) electrons. The summed E-state index contributed by atoms with van der Waals surface area (Å²) in [6.07, 6.45) is 7.10. The molecule has 2 heterocycles. The summed E-state index contributed by atoms with van der Waals surface area (Å²) in [4.78, 5) is 4.41. The lowest BCUT2D eigenvalue weighted by molar-refractivity contribution is 0.473. The van der Waals surface area contributed by atoms with E-state index < -0.39 is 0 Å². The molecule has 0 saturated heterocycles. The summed E-state index contributed by atoms with van der Waals surface area (Å²) in [5.74, 6) is 1.52. The maximum atomic E-state index is 5.67. The third kappa shape index (κ3) is 3.44. The highest BCUT2D eigenvalue weighted by molar-refractivity contribution is 5.67. The minimum atomic E-state index is 0.612. The monoisotopic (exact) mass is 261 g/mol. The summed E-state index contributed by atoms with van der Waals surface area (Å²) in [6.45, 7) is 5.87. The number of hydrogen-bond acceptors (Lipinski definition) is 4. The Morgan fingerprint density at radius 3 is 3.00 bits per heavy atom. The fourth-order valence-electron chi connectivity index (χ4n) is 2.41. The predicted octanol–water partition coefficient (Wildman–Crippen LogP) is 2.21. The lowest BCUT2D eigenvalue weighted by Gasteiger charge is -2.16. The Bertz CT molecular complexity index is 514. The van der Waals surface area contributed by atoms with E-state index in [4.69, 9.17) is 5.73 Å². The van der Waals surface area contributed by atoms with Gasteiger partial charge in [-0.2, -0.15) is 5.10 Å². The van der Waals surface area contributed by atoms with Gasteiger partial charge in [-0.05, 0) is 38.3 Å². The third-order valence-electron chi connectivity index (χ3n) is 3.34. The van der Waals surface area contributed by atoms with Gasteiger partial charge in [-0.3, -0.25) is 0 Å². The maximum absolute atomic E-state index is 5.67. The normalized spacial score (nSPS) is 12.8. The minimum Gasteiger partial charge on any atom is -0.368 e. The first kappa shape index (κ1) is 13.8. The number of aromatic nitrogens is 3. The number of nitrogens with zero attached hydrogens (tertiary/aromatic N) is 3. The maximum Gasteiger partial charge on any atom is 0.152 e. The zero-order valence-electron chi connectivity index (χ0n) is 11.8. The molecular formula is C14H23N5. The summed E-state index contributed by atoms with van der Waals surface area (Å²) >= 11 is 0. The van der Waals surface area contributed by atoms with Crippen LogP contribution in [0, 0.1) is 12.8 Å². The van der Waals surface area contributed by atoms with Gasteiger partial charge < -0.3 is 11.1 Å². The van der Waals surface area contributed by atoms with E-state index in [1.54, 1.807) is 6.20 Å². The predicted molar refractivity (Wildman–Crippen MR) is 78.3 cm³/mol. The van der Waals surface area contributed by atoms with Gasteiger partial charge in [0.25, 0.3) is 0 Å². The quantitative estimate of drug-likeness (QED) is 0.802. The molecule has 5 nitrogen and oxygen atoms in total. The smallest absolute Gasteiger partial charge is 0.152 e. The third-order valence-corrected chi connectivity index (χ3v) is 3.34. The van der Waals surface area contributed by atoms with Gasteiger partial charge in [0.1, 0.15) is 5.52 Å². The molecule has 1 atom stereocenters. The van der Waals surface area contributed by atoms with Crippen LogP contribution >= 0.6 is 0 Å². The van der Waals surface area contributed by atoms with Crippen molar-refractivity contribution in [2.75, 3.05) is 18.4 Å². The van der Waals surface area contributed by atoms with Crippen LogP contribution in [0.1, 0.15) is 31.9 Å². The van der Waals surface area contributed by atoms with E-state index in [2.05, 4.69) is 22.3 Å². The Morgan fingerprint density at radius 1 is 1.42 bits per heavy atom. The average Bonchev–Trinajstić information content (AvgIpc) is 2.77. The summed E-state index contributed by atoms with van der Waals surface area (Å²) < 4.78 is 1.86. The van der Waals surface area contributed by atoms with E-state index in [-0.39, 0.29) is 0 Å². The highest BCUT2D eigenvalue weighted by Gasteiger charge is 2.09. The number of aryl methyl sites for hydroxylation is 1. The van der Waals surface area contributed by atoms with E-state index in [1.165, 1.54) is 12.8 Å². The highest BCUT2D eigenvalue weighted by Crippen LogP contribution is 2.17. The van der Waals surface area contributed by atoms with Crippen molar-refractivity contribution in [3.05, 3.63) is 24.2 Å². The van der Waals surface area contributed by atoms with Crippen LogP contribution < -0.4 is 11.1 Å². The fourth-order valence-corrected chi connectivity index (χ4v) is 2.41. The van der Waals surface area contributed by atoms with Gasteiger partial charge in [0, 0.05) is 18.9 Å². The molecule has 5 heteroatoms. The van der Waals surface area contributed by atoms with Crippen LogP contribution in [0.15, 0.2) is 18.5 Å². The van der Waals surface area contributed by atoms with Crippen LogP contribution in [-0.2, 0) is 0 Å². The fraction of sp³-hybridized carbons (Fsp3) is 0.571. The molecule has 104 valence electrons. The van der Waals surface area contributed by atoms with E-state index >= 15 is 0 Å². The van der Waals surface area contributed by atoms with Crippen molar-refractivity contribution in [2.45, 2.75) is 33.1 Å². The number of anilines is 1. The van der Waals surface area contributed by atoms with Crippen molar-refractivity contribution in [1.29, 1.82) is 0 Å². The lowest BCUT2D eigenvalue weighted by atomic mass is 10.00. The van der Waals surface area contributed by atoms with Crippen molar-refractivity contribution < 1.29 is 0 Å². The van der Waals surface area contributed by atoms with Crippen LogP contribution in [0.3, 0.4) is 0 Å². The molecule has 3 N–H and O–H groups in total. The zero-order valence-corrected chi connectivity index (χ0v) is 11.8. The van der Waals surface area contributed by atoms with Gasteiger partial charge in [0.2, 0.25) is 0 Å². The van der Waals surface area contributed by atoms with Crippen molar-refractivity contribution in [3.8, 4) is 0 Å². The summed E-state index contributed by atoms with van der Waals surface area (Å²) in [7, 11) is 0. The summed E-state index contributed by atoms with van der Waals surface area (Å²) in [6, 6.07) is 2.05. The molecule has 2 rings (SSSR count). The zero-order chi connectivity index (χ0) is 13.7. The van der Waals surface area contributed by atoms with E-state index in [1.807, 2.05) is 23.7 Å². The van der Waals surface area contributed by atoms with Gasteiger partial charge in [-0.25, -0.2) is 9.50 Å². The average molecular weight is 261 g/mol. The molecule has 0 bridgehead atoms. The number of nitrogens with two attached hydrogens (primary N) is 1. The first-order chi connectivity index (χ1) is 9.24. The molecule has 2 aromatic rings. The van der Waals surface area contributed by atoms with E-state index in [0.29, 0.717) is 5.92 Å². The molecule has 0 saturated carbocycles. The van der Waals surface area contributed by atoms with Gasteiger partial charge in [-0.15, -0.1) is 0 Å². The number of rotatable bonds is 7. The SMILES string of the molecule is CCCC(CCN)CNc1nccn2nc(C)cc12. The van der Waals surface area contributed by atoms with Crippen LogP contribution in [0.4, 0.5) is 5.82 Å². The second-order valence-corrected chi connectivity index (χ2v) is 5.00. The van der Waals surface area contributed by atoms with Gasteiger partial charge in [0.15, 0.2) is 5.82 Å². The molecule has 0 aliphatic heterocycles. The molecule has 19 heavy (non-hydrogen) atoms. The molecule has 0 fully saturated rings. The Kier molecular flexibility index (Phi) is 4.74. The number of hydrogen-bond donors (Lipinski definition) is 2. The van der Waals surface area contributed by atoms with E-state index in [0.717, 1.165) is 36.5 Å². The van der Waals surface area contributed by atoms with Crippen LogP contribution in [0.25, 0.3) is 5.52 Å². The molecule has 0 aliphatic rings. The van der Waals surface area contributed by atoms with Crippen LogP contribution in [-0.4, -0.2) is 27.7 Å². The molecule has 2 aromatic heterocycles. The Morgan fingerprint density at radius 2 is 2.26 bits per heavy atom. The van der Waals surface area contributed by atoms with Crippen LogP contribution in [0.5, 0.6) is 0 Å². The van der Waals surface area contributed by atoms with Crippen molar-refractivity contribution >= 4 is 11.3 Å². The highest BCUT2D eigenvalue weighted by atomic mass is 15.2. The topological polar surface area (TPSA) is 68.2 Å². The molecule has 0 amide bonds. The number of nitrogens with one attached hydrogen (secondary N) is 1. The van der Waals surface area contributed by atoms with Gasteiger partial charge in [-0.1, -0.05) is 13.3 Å². The second kappa shape index (κ2) is 6.52. The molecule has 1 unspecified atom stereocenters. The lowest BCUT2D eigenvalue weighted by Crippen LogP contribution is -2.18. The largest absolute Gasteiger partial charge is 0.368 e. The second-order valence-electron chi connectivity index (χ2n) is 5.00. The number of fused-ring (bicyclic) bond motifs is 1. The Hall–Kier alpha value is -1.62. The standard InChI is InChI=1S/C14H23N5/c1-3-4-12(5-6-15)10-17-14-13-9-11(2)18-19(13)8-7-16-14/h7-9,12H,3-6,10,15H2,1-2H3,(H,16,17). The minimum absolute atomic E-state index is 0.612. The molecule has 0 aromatic carbocycles. The summed E-state index contributed by atoms with van der Waals surface area (Å²) in [5, 5.41) is 7.83. The Balaban J connectivity index is 2.08.